The van der Waals surface area contributed by atoms with Gasteiger partial charge in [-0.25, -0.2) is 4.39 Å². The van der Waals surface area contributed by atoms with Gasteiger partial charge in [0, 0.05) is 6.92 Å². The molecule has 22 heavy (non-hydrogen) atoms. The summed E-state index contributed by atoms with van der Waals surface area (Å²) in [5.74, 6) is -0.0134. The van der Waals surface area contributed by atoms with Crippen molar-refractivity contribution in [3.8, 4) is 0 Å². The highest BCUT2D eigenvalue weighted by Gasteiger charge is 2.44. The predicted octanol–water partition coefficient (Wildman–Crippen LogP) is 3.07. The monoisotopic (exact) mass is 304 g/mol. The number of benzene rings is 1. The maximum absolute atomic E-state index is 13.5. The van der Waals surface area contributed by atoms with Gasteiger partial charge in [0.1, 0.15) is 5.82 Å². The van der Waals surface area contributed by atoms with Crippen molar-refractivity contribution in [2.75, 3.05) is 0 Å². The van der Waals surface area contributed by atoms with E-state index in [4.69, 9.17) is 9.15 Å². The van der Waals surface area contributed by atoms with Crippen LogP contribution in [0.5, 0.6) is 0 Å². The number of aryl methyl sites for hydroxylation is 1. The molecule has 1 heterocycles. The molecule has 0 bridgehead atoms. The van der Waals surface area contributed by atoms with Gasteiger partial charge in [-0.3, -0.25) is 4.79 Å². The number of aromatic nitrogens is 2. The summed E-state index contributed by atoms with van der Waals surface area (Å²) in [5.41, 5.74) is -0.0892. The minimum absolute atomic E-state index is 0.0588. The first-order valence-electron chi connectivity index (χ1n) is 7.32. The number of carbonyl (C=O) groups excluding carboxylic acids is 1. The van der Waals surface area contributed by atoms with E-state index < -0.39 is 5.41 Å². The third-order valence-corrected chi connectivity index (χ3v) is 4.12. The third kappa shape index (κ3) is 2.73. The summed E-state index contributed by atoms with van der Waals surface area (Å²) >= 11 is 0. The zero-order chi connectivity index (χ0) is 15.6. The predicted molar refractivity (Wildman–Crippen MR) is 75.4 cm³/mol. The van der Waals surface area contributed by atoms with E-state index in [9.17, 15) is 9.18 Å². The van der Waals surface area contributed by atoms with E-state index in [0.717, 1.165) is 12.8 Å². The molecule has 1 aliphatic carbocycles. The van der Waals surface area contributed by atoms with E-state index in [-0.39, 0.29) is 24.3 Å². The van der Waals surface area contributed by atoms with Crippen LogP contribution in [0.15, 0.2) is 28.7 Å². The van der Waals surface area contributed by atoms with Gasteiger partial charge in [-0.05, 0) is 30.5 Å². The number of carbonyl (C=O) groups is 1. The van der Waals surface area contributed by atoms with E-state index in [1.165, 1.54) is 12.1 Å². The van der Waals surface area contributed by atoms with Crippen LogP contribution in [0, 0.1) is 12.7 Å². The van der Waals surface area contributed by atoms with Crippen LogP contribution in [0.25, 0.3) is 0 Å². The molecule has 0 saturated heterocycles. The Hall–Kier alpha value is -2.24. The minimum Gasteiger partial charge on any atom is -0.455 e. The second-order valence-electron chi connectivity index (χ2n) is 5.59. The standard InChI is InChI=1S/C16H17FN2O3/c1-11-18-19-14(22-11)10-21-15(20)16(7-2-3-8-16)12-5-4-6-13(17)9-12/h4-6,9H,2-3,7-8,10H2,1H3. The molecular weight excluding hydrogens is 287 g/mol. The van der Waals surface area contributed by atoms with Crippen LogP contribution < -0.4 is 0 Å². The smallest absolute Gasteiger partial charge is 0.317 e. The maximum atomic E-state index is 13.5. The molecule has 1 aromatic heterocycles. The van der Waals surface area contributed by atoms with Gasteiger partial charge in [-0.15, -0.1) is 10.2 Å². The van der Waals surface area contributed by atoms with Gasteiger partial charge in [0.05, 0.1) is 5.41 Å². The Labute approximate surface area is 127 Å². The van der Waals surface area contributed by atoms with E-state index >= 15 is 0 Å². The van der Waals surface area contributed by atoms with Crippen LogP contribution in [0.2, 0.25) is 0 Å². The third-order valence-electron chi connectivity index (χ3n) is 4.12. The van der Waals surface area contributed by atoms with E-state index in [0.29, 0.717) is 24.3 Å². The lowest BCUT2D eigenvalue weighted by molar-refractivity contribution is -0.152. The zero-order valence-corrected chi connectivity index (χ0v) is 12.3. The molecule has 5 nitrogen and oxygen atoms in total. The van der Waals surface area contributed by atoms with Crippen LogP contribution in [0.4, 0.5) is 4.39 Å². The summed E-state index contributed by atoms with van der Waals surface area (Å²) in [4.78, 5) is 12.6. The van der Waals surface area contributed by atoms with E-state index in [2.05, 4.69) is 10.2 Å². The van der Waals surface area contributed by atoms with Gasteiger partial charge >= 0.3 is 5.97 Å². The van der Waals surface area contributed by atoms with E-state index in [1.54, 1.807) is 19.1 Å². The lowest BCUT2D eigenvalue weighted by Gasteiger charge is -2.26. The molecule has 2 aromatic rings. The topological polar surface area (TPSA) is 65.2 Å². The molecular formula is C16H17FN2O3. The Morgan fingerprint density at radius 1 is 1.36 bits per heavy atom. The largest absolute Gasteiger partial charge is 0.455 e. The molecule has 6 heteroatoms. The normalized spacial score (nSPS) is 16.6. The highest BCUT2D eigenvalue weighted by molar-refractivity contribution is 5.83. The summed E-state index contributed by atoms with van der Waals surface area (Å²) in [6.07, 6.45) is 3.17. The molecule has 0 atom stereocenters. The van der Waals surface area contributed by atoms with Crippen LogP contribution in [-0.4, -0.2) is 16.2 Å². The lowest BCUT2D eigenvalue weighted by Crippen LogP contribution is -2.34. The Morgan fingerprint density at radius 3 is 2.77 bits per heavy atom. The fourth-order valence-corrected chi connectivity index (χ4v) is 3.04. The summed E-state index contributed by atoms with van der Waals surface area (Å²) in [5, 5.41) is 7.49. The number of nitrogens with zero attached hydrogens (tertiary/aromatic N) is 2. The van der Waals surface area contributed by atoms with Crippen molar-refractivity contribution in [1.29, 1.82) is 0 Å². The molecule has 1 aromatic carbocycles. The fraction of sp³-hybridized carbons (Fsp3) is 0.438. The average Bonchev–Trinajstić information content (AvgIpc) is 3.14. The first kappa shape index (κ1) is 14.7. The van der Waals surface area contributed by atoms with Crippen molar-refractivity contribution in [3.05, 3.63) is 47.4 Å². The lowest BCUT2D eigenvalue weighted by atomic mass is 9.79. The van der Waals surface area contributed by atoms with E-state index in [1.807, 2.05) is 0 Å². The van der Waals surface area contributed by atoms with Crippen LogP contribution in [0.3, 0.4) is 0 Å². The molecule has 1 aliphatic rings. The zero-order valence-electron chi connectivity index (χ0n) is 12.3. The van der Waals surface area contributed by atoms with Gasteiger partial charge in [-0.1, -0.05) is 25.0 Å². The molecule has 0 spiro atoms. The quantitative estimate of drug-likeness (QED) is 0.812. The Morgan fingerprint density at radius 2 is 2.14 bits per heavy atom. The van der Waals surface area contributed by atoms with Crippen molar-refractivity contribution in [2.45, 2.75) is 44.6 Å². The SMILES string of the molecule is Cc1nnc(COC(=O)C2(c3cccc(F)c3)CCCC2)o1. The van der Waals surface area contributed by atoms with Crippen molar-refractivity contribution in [3.63, 3.8) is 0 Å². The summed E-state index contributed by atoms with van der Waals surface area (Å²) in [6, 6.07) is 6.20. The van der Waals surface area contributed by atoms with Gasteiger partial charge < -0.3 is 9.15 Å². The average molecular weight is 304 g/mol. The van der Waals surface area contributed by atoms with Crippen molar-refractivity contribution in [2.24, 2.45) is 0 Å². The van der Waals surface area contributed by atoms with Crippen molar-refractivity contribution < 1.29 is 18.3 Å². The number of rotatable bonds is 4. The van der Waals surface area contributed by atoms with Gasteiger partial charge in [-0.2, -0.15) is 0 Å². The molecule has 0 N–H and O–H groups in total. The fourth-order valence-electron chi connectivity index (χ4n) is 3.04. The summed E-state index contributed by atoms with van der Waals surface area (Å²) in [7, 11) is 0. The molecule has 0 unspecified atom stereocenters. The highest BCUT2D eigenvalue weighted by atomic mass is 19.1. The van der Waals surface area contributed by atoms with Crippen molar-refractivity contribution in [1.82, 2.24) is 10.2 Å². The summed E-state index contributed by atoms with van der Waals surface area (Å²) in [6.45, 7) is 1.61. The molecule has 1 saturated carbocycles. The molecule has 1 fully saturated rings. The Kier molecular flexibility index (Phi) is 3.92. The molecule has 116 valence electrons. The van der Waals surface area contributed by atoms with Crippen LogP contribution in [0.1, 0.15) is 43.0 Å². The van der Waals surface area contributed by atoms with Gasteiger partial charge in [0.2, 0.25) is 5.89 Å². The molecule has 0 radical (unpaired) electrons. The van der Waals surface area contributed by atoms with Crippen LogP contribution >= 0.6 is 0 Å². The Bertz CT molecular complexity index is 678. The van der Waals surface area contributed by atoms with Crippen molar-refractivity contribution >= 4 is 5.97 Å². The number of halogens is 1. The first-order chi connectivity index (χ1) is 10.6. The number of ether oxygens (including phenoxy) is 1. The maximum Gasteiger partial charge on any atom is 0.317 e. The number of esters is 1. The minimum atomic E-state index is -0.767. The van der Waals surface area contributed by atoms with Gasteiger partial charge in [0.25, 0.3) is 5.89 Å². The second kappa shape index (κ2) is 5.87. The van der Waals surface area contributed by atoms with Crippen LogP contribution in [-0.2, 0) is 21.6 Å². The molecule has 0 amide bonds. The number of hydrogen-bond acceptors (Lipinski definition) is 5. The second-order valence-corrected chi connectivity index (χ2v) is 5.59. The Balaban J connectivity index is 1.79. The first-order valence-corrected chi connectivity index (χ1v) is 7.32. The molecule has 0 aliphatic heterocycles. The number of hydrogen-bond donors (Lipinski definition) is 0. The van der Waals surface area contributed by atoms with Gasteiger partial charge in [0.15, 0.2) is 6.61 Å². The molecule has 3 rings (SSSR count). The highest BCUT2D eigenvalue weighted by Crippen LogP contribution is 2.42. The summed E-state index contributed by atoms with van der Waals surface area (Å²) < 4.78 is 24.1.